The van der Waals surface area contributed by atoms with E-state index in [-0.39, 0.29) is 18.7 Å². The highest BCUT2D eigenvalue weighted by Crippen LogP contribution is 2.32. The molecule has 110 valence electrons. The van der Waals surface area contributed by atoms with E-state index in [2.05, 4.69) is 0 Å². The molecule has 5 heteroatoms. The van der Waals surface area contributed by atoms with Crippen LogP contribution in [0.4, 0.5) is 0 Å². The number of nitrogens with zero attached hydrogens (tertiary/aromatic N) is 1. The van der Waals surface area contributed by atoms with Crippen LogP contribution >= 0.6 is 0 Å². The van der Waals surface area contributed by atoms with Gasteiger partial charge in [0.25, 0.3) is 0 Å². The lowest BCUT2D eigenvalue weighted by molar-refractivity contribution is -0.131. The normalized spacial score (nSPS) is 14.4. The maximum absolute atomic E-state index is 12.1. The Balaban J connectivity index is 1.94. The average molecular weight is 278 g/mol. The van der Waals surface area contributed by atoms with Crippen LogP contribution in [0.3, 0.4) is 0 Å². The van der Waals surface area contributed by atoms with Crippen molar-refractivity contribution in [3.05, 3.63) is 23.8 Å². The Labute approximate surface area is 119 Å². The summed E-state index contributed by atoms with van der Waals surface area (Å²) in [5.74, 6) is 1.86. The van der Waals surface area contributed by atoms with Crippen LogP contribution in [0.1, 0.15) is 25.8 Å². The molecule has 0 aliphatic carbocycles. The summed E-state index contributed by atoms with van der Waals surface area (Å²) in [6.45, 7) is 4.85. The molecule has 0 saturated heterocycles. The van der Waals surface area contributed by atoms with Gasteiger partial charge in [-0.2, -0.15) is 0 Å². The van der Waals surface area contributed by atoms with Crippen molar-refractivity contribution in [1.82, 2.24) is 4.90 Å². The molecule has 1 aliphatic rings. The molecule has 0 bridgehead atoms. The number of rotatable bonds is 5. The maximum Gasteiger partial charge on any atom is 0.231 e. The van der Waals surface area contributed by atoms with E-state index >= 15 is 0 Å². The molecule has 1 aromatic rings. The zero-order chi connectivity index (χ0) is 14.7. The van der Waals surface area contributed by atoms with Gasteiger partial charge in [-0.05, 0) is 23.6 Å². The number of benzene rings is 1. The number of hydrogen-bond donors (Lipinski definition) is 1. The van der Waals surface area contributed by atoms with E-state index in [0.717, 1.165) is 17.1 Å². The maximum atomic E-state index is 12.1. The molecule has 1 atom stereocenters. The largest absolute Gasteiger partial charge is 0.454 e. The van der Waals surface area contributed by atoms with Crippen LogP contribution in [-0.4, -0.2) is 30.7 Å². The summed E-state index contributed by atoms with van der Waals surface area (Å²) in [6, 6.07) is 5.63. The van der Waals surface area contributed by atoms with E-state index < -0.39 is 0 Å². The highest BCUT2D eigenvalue weighted by atomic mass is 16.7. The van der Waals surface area contributed by atoms with Crippen molar-refractivity contribution in [2.24, 2.45) is 11.7 Å². The quantitative estimate of drug-likeness (QED) is 0.891. The van der Waals surface area contributed by atoms with Gasteiger partial charge in [0, 0.05) is 26.1 Å². The molecule has 20 heavy (non-hydrogen) atoms. The molecule has 0 aromatic heterocycles. The molecule has 0 saturated carbocycles. The molecule has 1 amide bonds. The monoisotopic (exact) mass is 278 g/mol. The summed E-state index contributed by atoms with van der Waals surface area (Å²) in [7, 11) is 1.79. The van der Waals surface area contributed by atoms with Crippen LogP contribution in [0.2, 0.25) is 0 Å². The van der Waals surface area contributed by atoms with Crippen molar-refractivity contribution >= 4 is 5.91 Å². The van der Waals surface area contributed by atoms with Crippen LogP contribution in [0, 0.1) is 5.92 Å². The molecule has 1 aromatic carbocycles. The highest BCUT2D eigenvalue weighted by molar-refractivity contribution is 5.76. The molecule has 2 rings (SSSR count). The fourth-order valence-electron chi connectivity index (χ4n) is 1.99. The molecule has 5 nitrogen and oxygen atoms in total. The first-order valence-electron chi connectivity index (χ1n) is 6.85. The van der Waals surface area contributed by atoms with Crippen molar-refractivity contribution in [2.75, 3.05) is 13.8 Å². The van der Waals surface area contributed by atoms with Gasteiger partial charge in [0.15, 0.2) is 11.5 Å². The van der Waals surface area contributed by atoms with Crippen LogP contribution < -0.4 is 15.2 Å². The summed E-state index contributed by atoms with van der Waals surface area (Å²) in [4.78, 5) is 13.8. The summed E-state index contributed by atoms with van der Waals surface area (Å²) >= 11 is 0. The molecular weight excluding hydrogens is 256 g/mol. The predicted molar refractivity (Wildman–Crippen MR) is 76.5 cm³/mol. The van der Waals surface area contributed by atoms with Crippen molar-refractivity contribution in [3.63, 3.8) is 0 Å². The SMILES string of the molecule is CC(C)C(N)CC(=O)N(C)Cc1ccc2c(c1)OCO2. The third-order valence-electron chi connectivity index (χ3n) is 3.55. The van der Waals surface area contributed by atoms with Crippen molar-refractivity contribution < 1.29 is 14.3 Å². The Morgan fingerprint density at radius 3 is 2.75 bits per heavy atom. The van der Waals surface area contributed by atoms with E-state index in [4.69, 9.17) is 15.2 Å². The zero-order valence-corrected chi connectivity index (χ0v) is 12.3. The standard InChI is InChI=1S/C15H22N2O3/c1-10(2)12(16)7-15(18)17(3)8-11-4-5-13-14(6-11)20-9-19-13/h4-6,10,12H,7-9,16H2,1-3H3. The summed E-state index contributed by atoms with van der Waals surface area (Å²) < 4.78 is 10.6. The molecule has 1 unspecified atom stereocenters. The van der Waals surface area contributed by atoms with Gasteiger partial charge in [-0.15, -0.1) is 0 Å². The number of hydrogen-bond acceptors (Lipinski definition) is 4. The summed E-state index contributed by atoms with van der Waals surface area (Å²) in [5, 5.41) is 0. The summed E-state index contributed by atoms with van der Waals surface area (Å²) in [5.41, 5.74) is 6.96. The topological polar surface area (TPSA) is 64.8 Å². The zero-order valence-electron chi connectivity index (χ0n) is 12.3. The van der Waals surface area contributed by atoms with Crippen molar-refractivity contribution in [3.8, 4) is 11.5 Å². The molecule has 0 spiro atoms. The molecule has 2 N–H and O–H groups in total. The van der Waals surface area contributed by atoms with Crippen LogP contribution in [0.5, 0.6) is 11.5 Å². The lowest BCUT2D eigenvalue weighted by atomic mass is 10.0. The van der Waals surface area contributed by atoms with Gasteiger partial charge in [-0.3, -0.25) is 4.79 Å². The van der Waals surface area contributed by atoms with Crippen molar-refractivity contribution in [1.29, 1.82) is 0 Å². The summed E-state index contributed by atoms with van der Waals surface area (Å²) in [6.07, 6.45) is 0.374. The third-order valence-corrected chi connectivity index (χ3v) is 3.55. The van der Waals surface area contributed by atoms with Gasteiger partial charge in [0.1, 0.15) is 0 Å². The minimum Gasteiger partial charge on any atom is -0.454 e. The first kappa shape index (κ1) is 14.7. The first-order valence-corrected chi connectivity index (χ1v) is 6.85. The molecule has 0 radical (unpaired) electrons. The lowest BCUT2D eigenvalue weighted by Gasteiger charge is -2.21. The van der Waals surface area contributed by atoms with Gasteiger partial charge < -0.3 is 20.1 Å². The Morgan fingerprint density at radius 1 is 1.35 bits per heavy atom. The molecule has 0 fully saturated rings. The van der Waals surface area contributed by atoms with Crippen LogP contribution in [0.25, 0.3) is 0 Å². The van der Waals surface area contributed by atoms with Crippen LogP contribution in [-0.2, 0) is 11.3 Å². The fourth-order valence-corrected chi connectivity index (χ4v) is 1.99. The second-order valence-corrected chi connectivity index (χ2v) is 5.55. The van der Waals surface area contributed by atoms with Crippen molar-refractivity contribution in [2.45, 2.75) is 32.9 Å². The van der Waals surface area contributed by atoms with E-state index in [9.17, 15) is 4.79 Å². The second kappa shape index (κ2) is 6.13. The Bertz CT molecular complexity index is 488. The number of ether oxygens (including phenoxy) is 2. The Morgan fingerprint density at radius 2 is 2.05 bits per heavy atom. The second-order valence-electron chi connectivity index (χ2n) is 5.55. The van der Waals surface area contributed by atoms with E-state index in [1.54, 1.807) is 11.9 Å². The van der Waals surface area contributed by atoms with Gasteiger partial charge in [0.05, 0.1) is 0 Å². The number of carbonyl (C=O) groups is 1. The van der Waals surface area contributed by atoms with E-state index in [1.807, 2.05) is 32.0 Å². The van der Waals surface area contributed by atoms with Gasteiger partial charge in [-0.1, -0.05) is 19.9 Å². The lowest BCUT2D eigenvalue weighted by Crippen LogP contribution is -2.35. The molecule has 1 aliphatic heterocycles. The number of fused-ring (bicyclic) bond motifs is 1. The first-order chi connectivity index (χ1) is 9.47. The Kier molecular flexibility index (Phi) is 4.49. The van der Waals surface area contributed by atoms with E-state index in [0.29, 0.717) is 18.9 Å². The van der Waals surface area contributed by atoms with Gasteiger partial charge in [0.2, 0.25) is 12.7 Å². The smallest absolute Gasteiger partial charge is 0.231 e. The Hall–Kier alpha value is -1.75. The number of carbonyl (C=O) groups excluding carboxylic acids is 1. The molecule has 1 heterocycles. The van der Waals surface area contributed by atoms with Gasteiger partial charge in [-0.25, -0.2) is 0 Å². The predicted octanol–water partition coefficient (Wildman–Crippen LogP) is 1.75. The average Bonchev–Trinajstić information content (AvgIpc) is 2.85. The minimum absolute atomic E-state index is 0.0591. The molecular formula is C15H22N2O3. The number of nitrogens with two attached hydrogens (primary N) is 1. The third kappa shape index (κ3) is 3.42. The minimum atomic E-state index is -0.0956. The van der Waals surface area contributed by atoms with E-state index in [1.165, 1.54) is 0 Å². The van der Waals surface area contributed by atoms with Gasteiger partial charge >= 0.3 is 0 Å². The number of amides is 1. The fraction of sp³-hybridized carbons (Fsp3) is 0.533. The highest BCUT2D eigenvalue weighted by Gasteiger charge is 2.18. The van der Waals surface area contributed by atoms with Crippen LogP contribution in [0.15, 0.2) is 18.2 Å².